The molecular formula is C18H9Cl3F6N4O3S. The highest BCUT2D eigenvalue weighted by atomic mass is 35.5. The van der Waals surface area contributed by atoms with Gasteiger partial charge in [-0.2, -0.15) is 26.3 Å². The number of carbonyl (C=O) groups excluding carboxylic acids is 1. The van der Waals surface area contributed by atoms with Crippen LogP contribution in [0.15, 0.2) is 35.2 Å². The van der Waals surface area contributed by atoms with Crippen LogP contribution < -0.4 is 4.72 Å². The second-order valence-electron chi connectivity index (χ2n) is 6.83. The monoisotopic (exact) mass is 580 g/mol. The Morgan fingerprint density at radius 2 is 1.60 bits per heavy atom. The van der Waals surface area contributed by atoms with E-state index in [1.807, 2.05) is 0 Å². The lowest BCUT2D eigenvalue weighted by atomic mass is 10.2. The van der Waals surface area contributed by atoms with E-state index in [0.29, 0.717) is 12.1 Å². The van der Waals surface area contributed by atoms with Gasteiger partial charge in [-0.05, 0) is 42.8 Å². The number of sulfonamides is 1. The van der Waals surface area contributed by atoms with Crippen molar-refractivity contribution in [3.05, 3.63) is 67.9 Å². The zero-order valence-corrected chi connectivity index (χ0v) is 19.8. The molecule has 3 aromatic rings. The van der Waals surface area contributed by atoms with E-state index in [2.05, 4.69) is 10.3 Å². The number of aromatic nitrogens is 3. The Morgan fingerprint density at radius 3 is 2.14 bits per heavy atom. The minimum atomic E-state index is -5.30. The molecule has 0 fully saturated rings. The molecular weight excluding hydrogens is 573 g/mol. The largest absolute Gasteiger partial charge is 0.435 e. The van der Waals surface area contributed by atoms with Gasteiger partial charge in [-0.15, -0.1) is 5.10 Å². The van der Waals surface area contributed by atoms with Crippen molar-refractivity contribution in [2.75, 3.05) is 0 Å². The summed E-state index contributed by atoms with van der Waals surface area (Å²) in [5.41, 5.74) is -4.96. The molecule has 0 radical (unpaired) electrons. The summed E-state index contributed by atoms with van der Waals surface area (Å²) in [6.45, 7) is 1.34. The molecule has 0 aliphatic rings. The number of hydrogen-bond acceptors (Lipinski definition) is 5. The molecule has 1 amide bonds. The van der Waals surface area contributed by atoms with Crippen LogP contribution in [0, 0.1) is 6.92 Å². The average Bonchev–Trinajstić information content (AvgIpc) is 3.11. The molecule has 1 heterocycles. The average molecular weight is 582 g/mol. The van der Waals surface area contributed by atoms with Crippen molar-refractivity contribution < 1.29 is 39.6 Å². The summed E-state index contributed by atoms with van der Waals surface area (Å²) in [5, 5.41) is 5.49. The van der Waals surface area contributed by atoms with Gasteiger partial charge in [0.1, 0.15) is 4.90 Å². The van der Waals surface area contributed by atoms with Crippen LogP contribution in [0.4, 0.5) is 26.3 Å². The SMILES string of the molecule is Cc1cc(Cl)cc(Cl)c1-n1nnc(C(=O)NS(=O)(=O)c2cc(C(F)(F)F)ccc2Cl)c1C(F)(F)F. The molecule has 0 aliphatic carbocycles. The molecule has 1 aromatic heterocycles. The van der Waals surface area contributed by atoms with Crippen LogP contribution in [0.1, 0.15) is 27.3 Å². The van der Waals surface area contributed by atoms with Gasteiger partial charge in [0, 0.05) is 5.02 Å². The van der Waals surface area contributed by atoms with E-state index in [0.717, 1.165) is 6.07 Å². The zero-order valence-electron chi connectivity index (χ0n) is 16.8. The molecule has 0 unspecified atom stereocenters. The molecule has 0 atom stereocenters. The first-order valence-corrected chi connectivity index (χ1v) is 11.5. The van der Waals surface area contributed by atoms with Crippen molar-refractivity contribution in [2.45, 2.75) is 24.2 Å². The number of hydrogen-bond donors (Lipinski definition) is 1. The zero-order chi connectivity index (χ0) is 26.5. The quantitative estimate of drug-likeness (QED) is 0.400. The van der Waals surface area contributed by atoms with Crippen molar-refractivity contribution in [1.29, 1.82) is 0 Å². The third-order valence-corrected chi connectivity index (χ3v) is 6.68. The van der Waals surface area contributed by atoms with Crippen LogP contribution in [0.3, 0.4) is 0 Å². The topological polar surface area (TPSA) is 93.9 Å². The van der Waals surface area contributed by atoms with Gasteiger partial charge < -0.3 is 0 Å². The summed E-state index contributed by atoms with van der Waals surface area (Å²) in [6.07, 6.45) is -10.3. The second-order valence-corrected chi connectivity index (χ2v) is 9.73. The first-order chi connectivity index (χ1) is 15.9. The lowest BCUT2D eigenvalue weighted by molar-refractivity contribution is -0.143. The maximum absolute atomic E-state index is 13.9. The molecule has 0 saturated heterocycles. The number of halogens is 9. The fourth-order valence-electron chi connectivity index (χ4n) is 2.92. The van der Waals surface area contributed by atoms with Crippen molar-refractivity contribution in [2.24, 2.45) is 0 Å². The standard InChI is InChI=1S/C18H9Cl3F6N4O3S/c1-7-4-9(19)6-11(21)14(7)31-15(18(25,26)27)13(28-30-31)16(32)29-35(33,34)12-5-8(17(22,23)24)2-3-10(12)20/h2-6H,1H3,(H,29,32). The molecule has 35 heavy (non-hydrogen) atoms. The highest BCUT2D eigenvalue weighted by molar-refractivity contribution is 7.90. The Labute approximate surface area is 207 Å². The van der Waals surface area contributed by atoms with Gasteiger partial charge in [-0.1, -0.05) is 40.0 Å². The number of nitrogens with zero attached hydrogens (tertiary/aromatic N) is 3. The number of rotatable bonds is 4. The van der Waals surface area contributed by atoms with Crippen LogP contribution in [0.2, 0.25) is 15.1 Å². The molecule has 188 valence electrons. The van der Waals surface area contributed by atoms with Gasteiger partial charge in [-0.25, -0.2) is 17.8 Å². The Bertz CT molecular complexity index is 1420. The van der Waals surface area contributed by atoms with E-state index in [9.17, 15) is 39.6 Å². The molecule has 7 nitrogen and oxygen atoms in total. The van der Waals surface area contributed by atoms with Crippen molar-refractivity contribution in [3.63, 3.8) is 0 Å². The summed E-state index contributed by atoms with van der Waals surface area (Å²) < 4.78 is 107. The molecule has 0 bridgehead atoms. The van der Waals surface area contributed by atoms with Crippen molar-refractivity contribution in [3.8, 4) is 5.69 Å². The Morgan fingerprint density at radius 1 is 0.971 bits per heavy atom. The van der Waals surface area contributed by atoms with Gasteiger partial charge in [-0.3, -0.25) is 4.79 Å². The van der Waals surface area contributed by atoms with E-state index >= 15 is 0 Å². The van der Waals surface area contributed by atoms with Gasteiger partial charge in [0.25, 0.3) is 15.9 Å². The fourth-order valence-corrected chi connectivity index (χ4v) is 5.07. The van der Waals surface area contributed by atoms with Crippen LogP contribution in [-0.4, -0.2) is 29.3 Å². The first kappa shape index (κ1) is 27.0. The number of carbonyl (C=O) groups is 1. The molecule has 1 N–H and O–H groups in total. The van der Waals surface area contributed by atoms with E-state index in [-0.39, 0.29) is 32.0 Å². The normalized spacial score (nSPS) is 12.6. The summed E-state index contributed by atoms with van der Waals surface area (Å²) >= 11 is 17.5. The van der Waals surface area contributed by atoms with E-state index < -0.39 is 55.2 Å². The summed E-state index contributed by atoms with van der Waals surface area (Å²) in [7, 11) is -5.18. The molecule has 0 saturated carbocycles. The number of alkyl halides is 6. The Balaban J connectivity index is 2.11. The van der Waals surface area contributed by atoms with E-state index in [4.69, 9.17) is 34.8 Å². The smallest absolute Gasteiger partial charge is 0.266 e. The maximum Gasteiger partial charge on any atom is 0.435 e. The number of amides is 1. The molecule has 3 rings (SSSR count). The predicted molar refractivity (Wildman–Crippen MR) is 112 cm³/mol. The minimum Gasteiger partial charge on any atom is -0.266 e. The molecule has 0 aliphatic heterocycles. The van der Waals surface area contributed by atoms with Crippen LogP contribution in [-0.2, 0) is 22.4 Å². The van der Waals surface area contributed by atoms with Crippen LogP contribution in [0.25, 0.3) is 5.69 Å². The summed E-state index contributed by atoms with van der Waals surface area (Å²) in [6, 6.07) is 3.56. The van der Waals surface area contributed by atoms with Crippen LogP contribution in [0.5, 0.6) is 0 Å². The van der Waals surface area contributed by atoms with E-state index in [1.54, 1.807) is 0 Å². The number of nitrogens with one attached hydrogen (secondary N) is 1. The third-order valence-electron chi connectivity index (χ3n) is 4.36. The highest BCUT2D eigenvalue weighted by Gasteiger charge is 2.43. The predicted octanol–water partition coefficient (Wildman–Crippen LogP) is 5.69. The van der Waals surface area contributed by atoms with Crippen molar-refractivity contribution in [1.82, 2.24) is 19.7 Å². The van der Waals surface area contributed by atoms with Gasteiger partial charge >= 0.3 is 12.4 Å². The lowest BCUT2D eigenvalue weighted by Gasteiger charge is -2.15. The highest BCUT2D eigenvalue weighted by Crippen LogP contribution is 2.37. The Hall–Kier alpha value is -2.55. The lowest BCUT2D eigenvalue weighted by Crippen LogP contribution is -2.33. The second kappa shape index (κ2) is 9.15. The number of aryl methyl sites for hydroxylation is 1. The number of benzene rings is 2. The summed E-state index contributed by atoms with van der Waals surface area (Å²) in [4.78, 5) is 11.3. The fraction of sp³-hybridized carbons (Fsp3) is 0.167. The van der Waals surface area contributed by atoms with Crippen LogP contribution >= 0.6 is 34.8 Å². The Kier molecular flexibility index (Phi) is 7.07. The molecule has 2 aromatic carbocycles. The minimum absolute atomic E-state index is 0.0898. The van der Waals surface area contributed by atoms with Gasteiger partial charge in [0.2, 0.25) is 0 Å². The van der Waals surface area contributed by atoms with Gasteiger partial charge in [0.05, 0.1) is 21.3 Å². The molecule has 17 heteroatoms. The first-order valence-electron chi connectivity index (χ1n) is 8.86. The third kappa shape index (κ3) is 5.50. The van der Waals surface area contributed by atoms with E-state index in [1.165, 1.54) is 17.7 Å². The van der Waals surface area contributed by atoms with Crippen molar-refractivity contribution >= 4 is 50.7 Å². The maximum atomic E-state index is 13.9. The summed E-state index contributed by atoms with van der Waals surface area (Å²) in [5.74, 6) is -1.93. The van der Waals surface area contributed by atoms with Gasteiger partial charge in [0.15, 0.2) is 11.4 Å². The molecule has 0 spiro atoms.